The van der Waals surface area contributed by atoms with Gasteiger partial charge in [-0.25, -0.2) is 0 Å². The Balaban J connectivity index is 2.31. The zero-order valence-corrected chi connectivity index (χ0v) is 12.2. The second-order valence-electron chi connectivity index (χ2n) is 5.44. The van der Waals surface area contributed by atoms with Crippen LogP contribution < -0.4 is 4.74 Å². The van der Waals surface area contributed by atoms with E-state index in [-0.39, 0.29) is 0 Å². The molecule has 0 spiro atoms. The summed E-state index contributed by atoms with van der Waals surface area (Å²) in [4.78, 5) is 0. The average molecular weight is 272 g/mol. The van der Waals surface area contributed by atoms with Crippen LogP contribution in [0.2, 0.25) is 0 Å². The number of ether oxygens (including phenoxy) is 1. The first-order chi connectivity index (χ1) is 10.3. The van der Waals surface area contributed by atoms with E-state index in [9.17, 15) is 0 Å². The van der Waals surface area contributed by atoms with Crippen molar-refractivity contribution in [2.45, 2.75) is 6.92 Å². The highest BCUT2D eigenvalue weighted by molar-refractivity contribution is 6.15. The van der Waals surface area contributed by atoms with Crippen LogP contribution in [0, 0.1) is 6.92 Å². The Hall–Kier alpha value is -2.54. The van der Waals surface area contributed by atoms with E-state index in [0.717, 1.165) is 5.75 Å². The number of fused-ring (bicyclic) bond motifs is 4. The summed E-state index contributed by atoms with van der Waals surface area (Å²) in [5.74, 6) is 0.941. The van der Waals surface area contributed by atoms with Crippen LogP contribution in [-0.2, 0) is 0 Å². The van der Waals surface area contributed by atoms with Crippen LogP contribution >= 0.6 is 0 Å². The lowest BCUT2D eigenvalue weighted by atomic mass is 9.93. The van der Waals surface area contributed by atoms with Gasteiger partial charge in [0.15, 0.2) is 0 Å². The number of benzene rings is 4. The fraction of sp³-hybridized carbons (Fsp3) is 0.100. The van der Waals surface area contributed by atoms with Gasteiger partial charge < -0.3 is 4.74 Å². The highest BCUT2D eigenvalue weighted by Crippen LogP contribution is 2.37. The van der Waals surface area contributed by atoms with E-state index in [1.165, 1.54) is 37.9 Å². The van der Waals surface area contributed by atoms with Crippen molar-refractivity contribution in [3.05, 3.63) is 66.2 Å². The second kappa shape index (κ2) is 4.49. The van der Waals surface area contributed by atoms with E-state index < -0.39 is 0 Å². The van der Waals surface area contributed by atoms with E-state index in [2.05, 4.69) is 67.6 Å². The van der Waals surface area contributed by atoms with E-state index in [1.54, 1.807) is 7.11 Å². The largest absolute Gasteiger partial charge is 0.496 e. The Morgan fingerprint density at radius 1 is 0.667 bits per heavy atom. The van der Waals surface area contributed by atoms with E-state index in [4.69, 9.17) is 4.74 Å². The maximum atomic E-state index is 5.60. The summed E-state index contributed by atoms with van der Waals surface area (Å²) in [7, 11) is 1.74. The summed E-state index contributed by atoms with van der Waals surface area (Å²) in [6.45, 7) is 2.19. The molecule has 0 aliphatic heterocycles. The molecule has 0 atom stereocenters. The van der Waals surface area contributed by atoms with Gasteiger partial charge in [-0.1, -0.05) is 48.5 Å². The first-order valence-electron chi connectivity index (χ1n) is 7.17. The van der Waals surface area contributed by atoms with Gasteiger partial charge in [-0.05, 0) is 51.6 Å². The molecule has 0 aromatic heterocycles. The molecule has 1 nitrogen and oxygen atoms in total. The standard InChI is InChI=1S/C20H16O/c1-13-15-8-4-3-7-14(15)11-19-16-9-5-6-10-17(16)20(21-2)12-18(13)19/h3-12H,1-2H3. The predicted molar refractivity (Wildman–Crippen MR) is 90.2 cm³/mol. The SMILES string of the molecule is COc1cc2c(C)c3ccccc3cc2c2ccccc12. The third-order valence-corrected chi connectivity index (χ3v) is 4.34. The molecule has 0 fully saturated rings. The molecule has 1 heteroatoms. The lowest BCUT2D eigenvalue weighted by Gasteiger charge is -2.13. The quantitative estimate of drug-likeness (QED) is 0.330. The minimum absolute atomic E-state index is 0.941. The maximum absolute atomic E-state index is 5.60. The number of hydrogen-bond acceptors (Lipinski definition) is 1. The molecular formula is C20H16O. The molecule has 0 N–H and O–H groups in total. The van der Waals surface area contributed by atoms with Gasteiger partial charge in [0.25, 0.3) is 0 Å². The van der Waals surface area contributed by atoms with Crippen molar-refractivity contribution in [3.8, 4) is 5.75 Å². The lowest BCUT2D eigenvalue weighted by molar-refractivity contribution is 0.420. The Kier molecular flexibility index (Phi) is 2.61. The summed E-state index contributed by atoms with van der Waals surface area (Å²) in [5, 5.41) is 7.58. The molecule has 0 aliphatic carbocycles. The van der Waals surface area contributed by atoms with Crippen molar-refractivity contribution in [2.24, 2.45) is 0 Å². The summed E-state index contributed by atoms with van der Waals surface area (Å²) in [6.07, 6.45) is 0. The zero-order chi connectivity index (χ0) is 14.4. The minimum atomic E-state index is 0.941. The van der Waals surface area contributed by atoms with Gasteiger partial charge in [0.2, 0.25) is 0 Å². The molecular weight excluding hydrogens is 256 g/mol. The zero-order valence-electron chi connectivity index (χ0n) is 12.2. The minimum Gasteiger partial charge on any atom is -0.496 e. The third-order valence-electron chi connectivity index (χ3n) is 4.34. The molecule has 0 saturated heterocycles. The average Bonchev–Trinajstić information content (AvgIpc) is 2.55. The molecule has 0 amide bonds. The molecule has 0 bridgehead atoms. The molecule has 4 aromatic rings. The maximum Gasteiger partial charge on any atom is 0.127 e. The number of methoxy groups -OCH3 is 1. The van der Waals surface area contributed by atoms with Crippen molar-refractivity contribution in [3.63, 3.8) is 0 Å². The van der Waals surface area contributed by atoms with Gasteiger partial charge in [-0.3, -0.25) is 0 Å². The fourth-order valence-electron chi connectivity index (χ4n) is 3.26. The molecule has 102 valence electrons. The monoisotopic (exact) mass is 272 g/mol. The smallest absolute Gasteiger partial charge is 0.127 e. The van der Waals surface area contributed by atoms with Gasteiger partial charge >= 0.3 is 0 Å². The van der Waals surface area contributed by atoms with Gasteiger partial charge in [0, 0.05) is 5.39 Å². The molecule has 0 unspecified atom stereocenters. The van der Waals surface area contributed by atoms with Crippen molar-refractivity contribution in [1.82, 2.24) is 0 Å². The van der Waals surface area contributed by atoms with Gasteiger partial charge in [0.05, 0.1) is 7.11 Å². The summed E-state index contributed by atoms with van der Waals surface area (Å²) < 4.78 is 5.60. The normalized spacial score (nSPS) is 11.3. The van der Waals surface area contributed by atoms with Crippen LogP contribution in [0.5, 0.6) is 5.75 Å². The Morgan fingerprint density at radius 3 is 2.10 bits per heavy atom. The van der Waals surface area contributed by atoms with Crippen LogP contribution in [-0.4, -0.2) is 7.11 Å². The first kappa shape index (κ1) is 12.2. The first-order valence-corrected chi connectivity index (χ1v) is 7.17. The van der Waals surface area contributed by atoms with Gasteiger partial charge in [0.1, 0.15) is 5.75 Å². The molecule has 4 rings (SSSR count). The van der Waals surface area contributed by atoms with Crippen molar-refractivity contribution in [1.29, 1.82) is 0 Å². The highest BCUT2D eigenvalue weighted by Gasteiger charge is 2.10. The van der Waals surface area contributed by atoms with Crippen LogP contribution in [0.3, 0.4) is 0 Å². The van der Waals surface area contributed by atoms with Crippen LogP contribution in [0.15, 0.2) is 60.7 Å². The van der Waals surface area contributed by atoms with Gasteiger partial charge in [-0.15, -0.1) is 0 Å². The fourth-order valence-corrected chi connectivity index (χ4v) is 3.26. The molecule has 0 saturated carbocycles. The van der Waals surface area contributed by atoms with Crippen LogP contribution in [0.25, 0.3) is 32.3 Å². The predicted octanol–water partition coefficient (Wildman–Crippen LogP) is 5.46. The molecule has 0 radical (unpaired) electrons. The van der Waals surface area contributed by atoms with Gasteiger partial charge in [-0.2, -0.15) is 0 Å². The second-order valence-corrected chi connectivity index (χ2v) is 5.44. The van der Waals surface area contributed by atoms with E-state index in [0.29, 0.717) is 0 Å². The molecule has 4 aromatic carbocycles. The summed E-state index contributed by atoms with van der Waals surface area (Å²) >= 11 is 0. The Labute approximate surface area is 123 Å². The van der Waals surface area contributed by atoms with Crippen molar-refractivity contribution >= 4 is 32.3 Å². The number of rotatable bonds is 1. The summed E-state index contributed by atoms with van der Waals surface area (Å²) in [5.41, 5.74) is 1.31. The Morgan fingerprint density at radius 2 is 1.33 bits per heavy atom. The summed E-state index contributed by atoms with van der Waals surface area (Å²) in [6, 6.07) is 21.5. The van der Waals surface area contributed by atoms with Crippen molar-refractivity contribution < 1.29 is 4.74 Å². The van der Waals surface area contributed by atoms with Crippen LogP contribution in [0.1, 0.15) is 5.56 Å². The van der Waals surface area contributed by atoms with E-state index in [1.807, 2.05) is 0 Å². The highest BCUT2D eigenvalue weighted by atomic mass is 16.5. The van der Waals surface area contributed by atoms with E-state index >= 15 is 0 Å². The lowest BCUT2D eigenvalue weighted by Crippen LogP contribution is -1.89. The number of aryl methyl sites for hydroxylation is 1. The molecule has 0 aliphatic rings. The topological polar surface area (TPSA) is 9.23 Å². The van der Waals surface area contributed by atoms with Crippen LogP contribution in [0.4, 0.5) is 0 Å². The molecule has 0 heterocycles. The molecule has 21 heavy (non-hydrogen) atoms. The Bertz CT molecular complexity index is 983. The number of hydrogen-bond donors (Lipinski definition) is 0. The van der Waals surface area contributed by atoms with Crippen molar-refractivity contribution in [2.75, 3.05) is 7.11 Å². The third kappa shape index (κ3) is 1.71.